The molecule has 0 aliphatic carbocycles. The van der Waals surface area contributed by atoms with Crippen LogP contribution in [0.3, 0.4) is 0 Å². The SMILES string of the molecule is CC(C)n1nnc(-c2ccccc2)c1/C=C/C1CC(O)CC(=O)O1. The van der Waals surface area contributed by atoms with E-state index < -0.39 is 12.2 Å². The summed E-state index contributed by atoms with van der Waals surface area (Å²) < 4.78 is 7.10. The first-order chi connectivity index (χ1) is 11.5. The Kier molecular flexibility index (Phi) is 4.76. The van der Waals surface area contributed by atoms with Crippen LogP contribution in [0.4, 0.5) is 0 Å². The Morgan fingerprint density at radius 2 is 2.08 bits per heavy atom. The molecule has 0 radical (unpaired) electrons. The predicted molar refractivity (Wildman–Crippen MR) is 90.0 cm³/mol. The molecule has 126 valence electrons. The highest BCUT2D eigenvalue weighted by Crippen LogP contribution is 2.25. The number of aromatic nitrogens is 3. The second-order valence-electron chi connectivity index (χ2n) is 6.21. The lowest BCUT2D eigenvalue weighted by atomic mass is 10.0. The van der Waals surface area contributed by atoms with Gasteiger partial charge in [-0.15, -0.1) is 5.10 Å². The molecule has 1 saturated heterocycles. The molecule has 0 saturated carbocycles. The molecule has 1 fully saturated rings. The summed E-state index contributed by atoms with van der Waals surface area (Å²) in [5, 5.41) is 18.3. The van der Waals surface area contributed by atoms with Crippen LogP contribution in [-0.4, -0.2) is 38.3 Å². The maximum absolute atomic E-state index is 11.5. The Balaban J connectivity index is 1.92. The van der Waals surface area contributed by atoms with Gasteiger partial charge in [-0.05, 0) is 26.0 Å². The lowest BCUT2D eigenvalue weighted by Crippen LogP contribution is -2.31. The first-order valence-corrected chi connectivity index (χ1v) is 8.11. The van der Waals surface area contributed by atoms with E-state index >= 15 is 0 Å². The zero-order chi connectivity index (χ0) is 17.1. The second kappa shape index (κ2) is 6.97. The van der Waals surface area contributed by atoms with Crippen molar-refractivity contribution in [3.63, 3.8) is 0 Å². The van der Waals surface area contributed by atoms with Gasteiger partial charge in [0.1, 0.15) is 11.8 Å². The molecule has 24 heavy (non-hydrogen) atoms. The van der Waals surface area contributed by atoms with Crippen LogP contribution in [-0.2, 0) is 9.53 Å². The molecule has 1 aromatic carbocycles. The first-order valence-electron chi connectivity index (χ1n) is 8.11. The van der Waals surface area contributed by atoms with Crippen molar-refractivity contribution >= 4 is 12.0 Å². The van der Waals surface area contributed by atoms with Gasteiger partial charge in [-0.25, -0.2) is 4.68 Å². The smallest absolute Gasteiger partial charge is 0.309 e. The van der Waals surface area contributed by atoms with E-state index in [-0.39, 0.29) is 18.4 Å². The number of aliphatic hydroxyl groups excluding tert-OH is 1. The lowest BCUT2D eigenvalue weighted by molar-refractivity contribution is -0.156. The minimum atomic E-state index is -0.650. The van der Waals surface area contributed by atoms with Crippen molar-refractivity contribution in [2.24, 2.45) is 0 Å². The number of benzene rings is 1. The number of carbonyl (C=O) groups excluding carboxylic acids is 1. The van der Waals surface area contributed by atoms with Gasteiger partial charge < -0.3 is 9.84 Å². The summed E-state index contributed by atoms with van der Waals surface area (Å²) in [5.41, 5.74) is 2.61. The van der Waals surface area contributed by atoms with Crippen LogP contribution in [0.2, 0.25) is 0 Å². The first kappa shape index (κ1) is 16.4. The van der Waals surface area contributed by atoms with E-state index in [0.717, 1.165) is 17.0 Å². The molecule has 1 aliphatic heterocycles. The van der Waals surface area contributed by atoms with Crippen LogP contribution in [0.5, 0.6) is 0 Å². The van der Waals surface area contributed by atoms with Gasteiger partial charge in [-0.1, -0.05) is 35.5 Å². The molecule has 3 rings (SSSR count). The third-order valence-electron chi connectivity index (χ3n) is 3.93. The van der Waals surface area contributed by atoms with Gasteiger partial charge in [0, 0.05) is 18.0 Å². The summed E-state index contributed by atoms with van der Waals surface area (Å²) in [6.07, 6.45) is 3.06. The van der Waals surface area contributed by atoms with Crippen molar-refractivity contribution < 1.29 is 14.6 Å². The van der Waals surface area contributed by atoms with Gasteiger partial charge in [0.15, 0.2) is 0 Å². The molecule has 0 amide bonds. The number of nitrogens with zero attached hydrogens (tertiary/aromatic N) is 3. The van der Waals surface area contributed by atoms with Crippen LogP contribution in [0.1, 0.15) is 38.4 Å². The molecule has 2 heterocycles. The van der Waals surface area contributed by atoms with E-state index in [1.54, 1.807) is 6.08 Å². The average Bonchev–Trinajstić information content (AvgIpc) is 2.97. The normalized spacial score (nSPS) is 21.4. The Hall–Kier alpha value is -2.47. The van der Waals surface area contributed by atoms with Gasteiger partial charge in [0.2, 0.25) is 0 Å². The molecule has 2 atom stereocenters. The topological polar surface area (TPSA) is 77.2 Å². The highest BCUT2D eigenvalue weighted by Gasteiger charge is 2.25. The molecule has 2 unspecified atom stereocenters. The molecular formula is C18H21N3O3. The van der Waals surface area contributed by atoms with Crippen LogP contribution in [0, 0.1) is 0 Å². The summed E-state index contributed by atoms with van der Waals surface area (Å²) in [6, 6.07) is 9.98. The van der Waals surface area contributed by atoms with E-state index in [1.165, 1.54) is 0 Å². The maximum atomic E-state index is 11.5. The van der Waals surface area contributed by atoms with Gasteiger partial charge in [-0.2, -0.15) is 0 Å². The number of hydrogen-bond acceptors (Lipinski definition) is 5. The quantitative estimate of drug-likeness (QED) is 0.874. The van der Waals surface area contributed by atoms with Crippen molar-refractivity contribution in [1.29, 1.82) is 0 Å². The zero-order valence-corrected chi connectivity index (χ0v) is 13.8. The number of aliphatic hydroxyl groups is 1. The van der Waals surface area contributed by atoms with Gasteiger partial charge in [-0.3, -0.25) is 4.79 Å². The number of ether oxygens (including phenoxy) is 1. The fraction of sp³-hybridized carbons (Fsp3) is 0.389. The molecule has 2 aromatic rings. The van der Waals surface area contributed by atoms with Crippen LogP contribution in [0.15, 0.2) is 36.4 Å². The van der Waals surface area contributed by atoms with Crippen molar-refractivity contribution in [3.8, 4) is 11.3 Å². The summed E-state index contributed by atoms with van der Waals surface area (Å²) in [7, 11) is 0. The van der Waals surface area contributed by atoms with Gasteiger partial charge >= 0.3 is 5.97 Å². The molecule has 1 aromatic heterocycles. The Morgan fingerprint density at radius 1 is 1.33 bits per heavy atom. The fourth-order valence-electron chi connectivity index (χ4n) is 2.76. The monoisotopic (exact) mass is 327 g/mol. The predicted octanol–water partition coefficient (Wildman–Crippen LogP) is 2.61. The average molecular weight is 327 g/mol. The summed E-state index contributed by atoms with van der Waals surface area (Å²) >= 11 is 0. The molecule has 1 aliphatic rings. The van der Waals surface area contributed by atoms with E-state index in [0.29, 0.717) is 6.42 Å². The van der Waals surface area contributed by atoms with Crippen LogP contribution in [0.25, 0.3) is 17.3 Å². The lowest BCUT2D eigenvalue weighted by Gasteiger charge is -2.23. The van der Waals surface area contributed by atoms with E-state index in [4.69, 9.17) is 4.74 Å². The van der Waals surface area contributed by atoms with E-state index in [9.17, 15) is 9.90 Å². The summed E-state index contributed by atoms with van der Waals surface area (Å²) in [6.45, 7) is 4.07. The summed E-state index contributed by atoms with van der Waals surface area (Å²) in [4.78, 5) is 11.5. The molecular weight excluding hydrogens is 306 g/mol. The maximum Gasteiger partial charge on any atom is 0.309 e. The minimum absolute atomic E-state index is 0.0606. The second-order valence-corrected chi connectivity index (χ2v) is 6.21. The molecule has 6 nitrogen and oxygen atoms in total. The highest BCUT2D eigenvalue weighted by atomic mass is 16.5. The number of carbonyl (C=O) groups is 1. The Bertz CT molecular complexity index is 737. The number of cyclic esters (lactones) is 1. The Morgan fingerprint density at radius 3 is 2.75 bits per heavy atom. The van der Waals surface area contributed by atoms with Crippen molar-refractivity contribution in [2.45, 2.75) is 44.9 Å². The van der Waals surface area contributed by atoms with Gasteiger partial charge in [0.25, 0.3) is 0 Å². The third kappa shape index (κ3) is 3.54. The number of hydrogen-bond donors (Lipinski definition) is 1. The molecule has 0 spiro atoms. The largest absolute Gasteiger partial charge is 0.458 e. The fourth-order valence-corrected chi connectivity index (χ4v) is 2.76. The Labute approximate surface area is 140 Å². The van der Waals surface area contributed by atoms with E-state index in [1.807, 2.05) is 54.9 Å². The highest BCUT2D eigenvalue weighted by molar-refractivity contribution is 5.72. The van der Waals surface area contributed by atoms with Gasteiger partial charge in [0.05, 0.1) is 18.2 Å². The van der Waals surface area contributed by atoms with Crippen molar-refractivity contribution in [1.82, 2.24) is 15.0 Å². The van der Waals surface area contributed by atoms with Crippen LogP contribution < -0.4 is 0 Å². The number of esters is 1. The molecule has 0 bridgehead atoms. The molecule has 1 N–H and O–H groups in total. The van der Waals surface area contributed by atoms with Crippen molar-refractivity contribution in [2.75, 3.05) is 0 Å². The summed E-state index contributed by atoms with van der Waals surface area (Å²) in [5.74, 6) is -0.373. The minimum Gasteiger partial charge on any atom is -0.458 e. The van der Waals surface area contributed by atoms with E-state index in [2.05, 4.69) is 10.3 Å². The van der Waals surface area contributed by atoms with Crippen LogP contribution >= 0.6 is 0 Å². The molecule has 6 heteroatoms. The standard InChI is InChI=1S/C18H21N3O3/c1-12(2)21-16(9-8-15-10-14(22)11-17(23)24-15)18(19-20-21)13-6-4-3-5-7-13/h3-9,12,14-15,22H,10-11H2,1-2H3/b9-8+. The number of rotatable bonds is 4. The van der Waals surface area contributed by atoms with Crippen molar-refractivity contribution in [3.05, 3.63) is 42.1 Å². The third-order valence-corrected chi connectivity index (χ3v) is 3.93. The zero-order valence-electron chi connectivity index (χ0n) is 13.8.